The average molecular weight is 210 g/mol. The molecule has 0 saturated carbocycles. The Morgan fingerprint density at radius 3 is 3.00 bits per heavy atom. The van der Waals surface area contributed by atoms with Crippen molar-refractivity contribution in [3.05, 3.63) is 24.0 Å². The number of aliphatic hydroxyl groups excluding tert-OH is 1. The van der Waals surface area contributed by atoms with E-state index in [1.807, 2.05) is 0 Å². The van der Waals surface area contributed by atoms with Gasteiger partial charge in [-0.15, -0.1) is 0 Å². The number of nitrogens with zero attached hydrogens (tertiary/aromatic N) is 1. The highest BCUT2D eigenvalue weighted by Crippen LogP contribution is 2.13. The van der Waals surface area contributed by atoms with Gasteiger partial charge in [0.15, 0.2) is 0 Å². The van der Waals surface area contributed by atoms with Crippen LogP contribution in [0.15, 0.2) is 18.5 Å². The zero-order valence-electron chi connectivity index (χ0n) is 8.47. The van der Waals surface area contributed by atoms with Gasteiger partial charge < -0.3 is 15.5 Å². The summed E-state index contributed by atoms with van der Waals surface area (Å²) in [6.07, 6.45) is 3.00. The van der Waals surface area contributed by atoms with E-state index in [0.717, 1.165) is 0 Å². The van der Waals surface area contributed by atoms with E-state index in [1.54, 1.807) is 13.0 Å². The molecule has 5 nitrogen and oxygen atoms in total. The minimum absolute atomic E-state index is 0.142. The first-order valence-corrected chi connectivity index (χ1v) is 4.70. The van der Waals surface area contributed by atoms with Crippen LogP contribution in [0.5, 0.6) is 0 Å². The van der Waals surface area contributed by atoms with Gasteiger partial charge in [-0.25, -0.2) is 4.79 Å². The third kappa shape index (κ3) is 3.55. The van der Waals surface area contributed by atoms with Gasteiger partial charge in [-0.2, -0.15) is 0 Å². The maximum absolute atomic E-state index is 10.8. The molecule has 0 amide bonds. The fraction of sp³-hybridized carbons (Fsp3) is 0.400. The van der Waals surface area contributed by atoms with E-state index >= 15 is 0 Å². The lowest BCUT2D eigenvalue weighted by atomic mass is 10.2. The maximum atomic E-state index is 10.8. The topological polar surface area (TPSA) is 82.5 Å². The van der Waals surface area contributed by atoms with E-state index in [-0.39, 0.29) is 5.56 Å². The molecule has 0 fully saturated rings. The van der Waals surface area contributed by atoms with E-state index in [1.165, 1.54) is 12.4 Å². The molecule has 0 saturated heterocycles. The summed E-state index contributed by atoms with van der Waals surface area (Å²) < 4.78 is 0. The molecule has 0 spiro atoms. The first kappa shape index (κ1) is 11.5. The summed E-state index contributed by atoms with van der Waals surface area (Å²) in [6.45, 7) is 2.22. The number of nitrogens with one attached hydrogen (secondary N) is 1. The highest BCUT2D eigenvalue weighted by atomic mass is 16.4. The van der Waals surface area contributed by atoms with E-state index in [4.69, 9.17) is 10.2 Å². The Bertz CT molecular complexity index is 339. The predicted molar refractivity (Wildman–Crippen MR) is 56.0 cm³/mol. The molecule has 15 heavy (non-hydrogen) atoms. The molecule has 1 atom stereocenters. The third-order valence-corrected chi connectivity index (χ3v) is 1.93. The van der Waals surface area contributed by atoms with Gasteiger partial charge in [0, 0.05) is 18.9 Å². The SMILES string of the molecule is CC(O)CCNc1ccncc1C(=O)O. The number of carboxylic acids is 1. The van der Waals surface area contributed by atoms with Crippen molar-refractivity contribution in [2.24, 2.45) is 0 Å². The van der Waals surface area contributed by atoms with Crippen LogP contribution in [0.25, 0.3) is 0 Å². The van der Waals surface area contributed by atoms with Crippen LogP contribution in [0, 0.1) is 0 Å². The van der Waals surface area contributed by atoms with Crippen molar-refractivity contribution in [3.8, 4) is 0 Å². The fourth-order valence-corrected chi connectivity index (χ4v) is 1.13. The second-order valence-corrected chi connectivity index (χ2v) is 3.29. The Kier molecular flexibility index (Phi) is 4.05. The number of carboxylic acid groups (broad SMARTS) is 1. The molecule has 1 aromatic rings. The lowest BCUT2D eigenvalue weighted by molar-refractivity contribution is 0.0697. The molecule has 0 radical (unpaired) electrons. The minimum atomic E-state index is -1.01. The highest BCUT2D eigenvalue weighted by Gasteiger charge is 2.08. The standard InChI is InChI=1S/C10H14N2O3/c1-7(13)2-5-12-9-3-4-11-6-8(9)10(14)15/h3-4,6-7,13H,2,5H2,1H3,(H,11,12)(H,14,15). The molecule has 0 aliphatic carbocycles. The number of pyridine rings is 1. The summed E-state index contributed by atoms with van der Waals surface area (Å²) in [5, 5.41) is 20.8. The number of carbonyl (C=O) groups is 1. The van der Waals surface area contributed by atoms with Crippen LogP contribution in [0.1, 0.15) is 23.7 Å². The highest BCUT2D eigenvalue weighted by molar-refractivity contribution is 5.93. The van der Waals surface area contributed by atoms with E-state index in [2.05, 4.69) is 10.3 Å². The van der Waals surface area contributed by atoms with E-state index in [9.17, 15) is 4.79 Å². The van der Waals surface area contributed by atoms with Gasteiger partial charge in [-0.05, 0) is 19.4 Å². The largest absolute Gasteiger partial charge is 0.478 e. The van der Waals surface area contributed by atoms with Crippen molar-refractivity contribution in [1.82, 2.24) is 4.98 Å². The number of aromatic nitrogens is 1. The molecule has 0 aromatic carbocycles. The Morgan fingerprint density at radius 1 is 1.67 bits per heavy atom. The Labute approximate surface area is 87.8 Å². The number of aliphatic hydroxyl groups is 1. The Morgan fingerprint density at radius 2 is 2.40 bits per heavy atom. The summed E-state index contributed by atoms with van der Waals surface area (Å²) in [7, 11) is 0. The third-order valence-electron chi connectivity index (χ3n) is 1.93. The predicted octanol–water partition coefficient (Wildman–Crippen LogP) is 0.963. The zero-order valence-corrected chi connectivity index (χ0v) is 8.47. The monoisotopic (exact) mass is 210 g/mol. The first-order valence-electron chi connectivity index (χ1n) is 4.70. The van der Waals surface area contributed by atoms with Gasteiger partial charge in [0.05, 0.1) is 11.8 Å². The molecular formula is C10H14N2O3. The Hall–Kier alpha value is -1.62. The number of hydrogen-bond donors (Lipinski definition) is 3. The van der Waals surface area contributed by atoms with Crippen LogP contribution < -0.4 is 5.32 Å². The smallest absolute Gasteiger partial charge is 0.339 e. The van der Waals surface area contributed by atoms with Crippen LogP contribution in [-0.2, 0) is 0 Å². The maximum Gasteiger partial charge on any atom is 0.339 e. The molecule has 3 N–H and O–H groups in total. The van der Waals surface area contributed by atoms with E-state index in [0.29, 0.717) is 18.7 Å². The Balaban J connectivity index is 2.63. The van der Waals surface area contributed by atoms with Crippen LogP contribution in [0.2, 0.25) is 0 Å². The number of hydrogen-bond acceptors (Lipinski definition) is 4. The second kappa shape index (κ2) is 5.31. The van der Waals surface area contributed by atoms with Crippen molar-refractivity contribution >= 4 is 11.7 Å². The van der Waals surface area contributed by atoms with Crippen molar-refractivity contribution in [2.45, 2.75) is 19.4 Å². The minimum Gasteiger partial charge on any atom is -0.478 e. The molecule has 1 rings (SSSR count). The lowest BCUT2D eigenvalue weighted by Crippen LogP contribution is -2.12. The van der Waals surface area contributed by atoms with Crippen LogP contribution >= 0.6 is 0 Å². The van der Waals surface area contributed by atoms with Crippen molar-refractivity contribution < 1.29 is 15.0 Å². The molecule has 1 heterocycles. The van der Waals surface area contributed by atoms with E-state index < -0.39 is 12.1 Å². The normalized spacial score (nSPS) is 12.1. The average Bonchev–Trinajstić information content (AvgIpc) is 2.17. The van der Waals surface area contributed by atoms with Crippen molar-refractivity contribution in [3.63, 3.8) is 0 Å². The van der Waals surface area contributed by atoms with Gasteiger partial charge in [-0.3, -0.25) is 4.98 Å². The summed E-state index contributed by atoms with van der Waals surface area (Å²) in [4.78, 5) is 14.5. The molecular weight excluding hydrogens is 196 g/mol. The van der Waals surface area contributed by atoms with Crippen molar-refractivity contribution in [1.29, 1.82) is 0 Å². The number of anilines is 1. The van der Waals surface area contributed by atoms with Gasteiger partial charge in [0.25, 0.3) is 0 Å². The first-order chi connectivity index (χ1) is 7.11. The molecule has 5 heteroatoms. The summed E-state index contributed by atoms with van der Waals surface area (Å²) in [5.74, 6) is -1.01. The zero-order chi connectivity index (χ0) is 11.3. The molecule has 82 valence electrons. The van der Waals surface area contributed by atoms with Gasteiger partial charge >= 0.3 is 5.97 Å². The molecule has 0 aliphatic heterocycles. The van der Waals surface area contributed by atoms with Gasteiger partial charge in [0.2, 0.25) is 0 Å². The van der Waals surface area contributed by atoms with Gasteiger partial charge in [-0.1, -0.05) is 0 Å². The van der Waals surface area contributed by atoms with Crippen LogP contribution in [0.3, 0.4) is 0 Å². The summed E-state index contributed by atoms with van der Waals surface area (Å²) in [6, 6.07) is 1.60. The van der Waals surface area contributed by atoms with Crippen LogP contribution in [0.4, 0.5) is 5.69 Å². The summed E-state index contributed by atoms with van der Waals surface area (Å²) >= 11 is 0. The molecule has 0 bridgehead atoms. The van der Waals surface area contributed by atoms with Gasteiger partial charge in [0.1, 0.15) is 5.56 Å². The second-order valence-electron chi connectivity index (χ2n) is 3.29. The molecule has 1 aromatic heterocycles. The molecule has 0 aliphatic rings. The number of aromatic carboxylic acids is 1. The molecule has 1 unspecified atom stereocenters. The lowest BCUT2D eigenvalue weighted by Gasteiger charge is -2.09. The quantitative estimate of drug-likeness (QED) is 0.674. The fourth-order valence-electron chi connectivity index (χ4n) is 1.13. The van der Waals surface area contributed by atoms with Crippen LogP contribution in [-0.4, -0.2) is 33.8 Å². The summed E-state index contributed by atoms with van der Waals surface area (Å²) in [5.41, 5.74) is 0.668. The number of rotatable bonds is 5. The van der Waals surface area contributed by atoms with Crippen molar-refractivity contribution in [2.75, 3.05) is 11.9 Å².